The van der Waals surface area contributed by atoms with Gasteiger partial charge in [0.1, 0.15) is 17.2 Å². The lowest BCUT2D eigenvalue weighted by molar-refractivity contribution is -0.130. The van der Waals surface area contributed by atoms with Gasteiger partial charge in [0.05, 0.1) is 22.8 Å². The Bertz CT molecular complexity index is 872. The largest absolute Gasteiger partial charge is 0.373 e. The lowest BCUT2D eigenvalue weighted by Crippen LogP contribution is -2.32. The van der Waals surface area contributed by atoms with E-state index in [1.165, 1.54) is 0 Å². The molecular formula is C22H25Cl2NO3. The smallest absolute Gasteiger partial charge is 0.145 e. The second-order valence-electron chi connectivity index (χ2n) is 8.45. The number of hydrogen-bond donors (Lipinski definition) is 0. The first-order valence-electron chi connectivity index (χ1n) is 9.95. The summed E-state index contributed by atoms with van der Waals surface area (Å²) in [5.74, 6) is 2.14. The molecule has 0 aliphatic heterocycles. The minimum atomic E-state index is 0.0853. The molecule has 0 saturated heterocycles. The Labute approximate surface area is 175 Å². The molecule has 2 bridgehead atoms. The predicted molar refractivity (Wildman–Crippen MR) is 110 cm³/mol. The molecule has 2 aliphatic carbocycles. The number of nitrogens with zero attached hydrogens (tertiary/aromatic N) is 1. The van der Waals surface area contributed by atoms with E-state index in [0.29, 0.717) is 39.6 Å². The maximum atomic E-state index is 12.3. The second-order valence-corrected chi connectivity index (χ2v) is 9.26. The molecule has 2 fully saturated rings. The normalized spacial score (nSPS) is 27.0. The molecule has 6 heteroatoms. The third-order valence-electron chi connectivity index (χ3n) is 6.18. The van der Waals surface area contributed by atoms with Crippen LogP contribution in [0.4, 0.5) is 0 Å². The van der Waals surface area contributed by atoms with Crippen LogP contribution in [0, 0.1) is 17.8 Å². The molecular weight excluding hydrogens is 397 g/mol. The molecule has 2 saturated carbocycles. The molecule has 2 aliphatic rings. The van der Waals surface area contributed by atoms with Gasteiger partial charge in [0, 0.05) is 28.9 Å². The van der Waals surface area contributed by atoms with Crippen molar-refractivity contribution in [2.24, 2.45) is 17.8 Å². The molecule has 1 heterocycles. The van der Waals surface area contributed by atoms with Crippen LogP contribution in [0.15, 0.2) is 22.7 Å². The summed E-state index contributed by atoms with van der Waals surface area (Å²) in [4.78, 5) is 12.3. The average molecular weight is 422 g/mol. The first kappa shape index (κ1) is 19.9. The Hall–Kier alpha value is -1.36. The van der Waals surface area contributed by atoms with E-state index in [-0.39, 0.29) is 23.9 Å². The maximum Gasteiger partial charge on any atom is 0.145 e. The Kier molecular flexibility index (Phi) is 5.56. The molecule has 1 aromatic carbocycles. The van der Waals surface area contributed by atoms with Crippen LogP contribution in [-0.2, 0) is 16.1 Å². The van der Waals surface area contributed by atoms with Crippen LogP contribution < -0.4 is 0 Å². The first-order valence-corrected chi connectivity index (χ1v) is 10.7. The highest BCUT2D eigenvalue weighted by atomic mass is 35.5. The summed E-state index contributed by atoms with van der Waals surface area (Å²) in [5, 5.41) is 5.35. The minimum Gasteiger partial charge on any atom is -0.373 e. The number of ketones is 1. The maximum absolute atomic E-state index is 12.3. The molecule has 0 N–H and O–H groups in total. The third-order valence-corrected chi connectivity index (χ3v) is 6.81. The van der Waals surface area contributed by atoms with Gasteiger partial charge in [-0.3, -0.25) is 4.79 Å². The fourth-order valence-electron chi connectivity index (χ4n) is 4.74. The molecule has 28 heavy (non-hydrogen) atoms. The summed E-state index contributed by atoms with van der Waals surface area (Å²) in [6.45, 7) is 6.67. The number of ether oxygens (including phenoxy) is 1. The standard InChI is InChI=1S/C22H25Cl2NO3/c1-11(2)22-16(20(25-28-22)19-17(23)5-4-6-18(19)24)10-27-14-8-13-7-12(3)15(9-14)21(13)26/h4-6,11-15H,7-10H2,1-3H3/t12-,13+,14+,15+/m0/s1. The number of benzene rings is 1. The van der Waals surface area contributed by atoms with Crippen molar-refractivity contribution >= 4 is 29.0 Å². The van der Waals surface area contributed by atoms with E-state index >= 15 is 0 Å². The van der Waals surface area contributed by atoms with Crippen molar-refractivity contribution in [3.63, 3.8) is 0 Å². The van der Waals surface area contributed by atoms with Gasteiger partial charge in [0.15, 0.2) is 0 Å². The van der Waals surface area contributed by atoms with Gasteiger partial charge in [-0.05, 0) is 37.3 Å². The first-order chi connectivity index (χ1) is 13.4. The lowest BCUT2D eigenvalue weighted by atomic mass is 9.84. The van der Waals surface area contributed by atoms with Gasteiger partial charge < -0.3 is 9.26 Å². The topological polar surface area (TPSA) is 52.3 Å². The van der Waals surface area contributed by atoms with Crippen LogP contribution in [0.3, 0.4) is 0 Å². The molecule has 4 atom stereocenters. The van der Waals surface area contributed by atoms with Crippen molar-refractivity contribution in [2.75, 3.05) is 0 Å². The molecule has 150 valence electrons. The van der Waals surface area contributed by atoms with Gasteiger partial charge in [0.2, 0.25) is 0 Å². The number of aromatic nitrogens is 1. The third kappa shape index (κ3) is 3.51. The van der Waals surface area contributed by atoms with E-state index in [1.54, 1.807) is 12.1 Å². The van der Waals surface area contributed by atoms with Crippen LogP contribution in [0.2, 0.25) is 10.0 Å². The molecule has 2 aromatic rings. The van der Waals surface area contributed by atoms with Crippen molar-refractivity contribution in [3.8, 4) is 11.3 Å². The fraction of sp³-hybridized carbons (Fsp3) is 0.545. The second kappa shape index (κ2) is 7.81. The Morgan fingerprint density at radius 1 is 1.21 bits per heavy atom. The van der Waals surface area contributed by atoms with Crippen LogP contribution in [0.5, 0.6) is 0 Å². The monoisotopic (exact) mass is 421 g/mol. The Balaban J connectivity index is 1.59. The summed E-state index contributed by atoms with van der Waals surface area (Å²) < 4.78 is 11.9. The van der Waals surface area contributed by atoms with E-state index in [9.17, 15) is 4.79 Å². The van der Waals surface area contributed by atoms with Gasteiger partial charge >= 0.3 is 0 Å². The zero-order valence-electron chi connectivity index (χ0n) is 16.4. The summed E-state index contributed by atoms with van der Waals surface area (Å²) in [6, 6.07) is 5.40. The van der Waals surface area contributed by atoms with E-state index < -0.39 is 0 Å². The highest BCUT2D eigenvalue weighted by Crippen LogP contribution is 2.45. The SMILES string of the molecule is CC(C)c1onc(-c2c(Cl)cccc2Cl)c1CO[C@@H]1C[C@H]2C[C@H](C)[C@@H](C1)C2=O. The number of Topliss-reactive ketones (excluding diaryl/α,β-unsaturated/α-hetero) is 1. The van der Waals surface area contributed by atoms with E-state index in [4.69, 9.17) is 32.5 Å². The van der Waals surface area contributed by atoms with Crippen LogP contribution in [0.25, 0.3) is 11.3 Å². The highest BCUT2D eigenvalue weighted by Gasteiger charge is 2.46. The van der Waals surface area contributed by atoms with Crippen LogP contribution in [0.1, 0.15) is 57.3 Å². The molecule has 4 rings (SSSR count). The molecule has 0 unspecified atom stereocenters. The Morgan fingerprint density at radius 2 is 1.93 bits per heavy atom. The lowest BCUT2D eigenvalue weighted by Gasteiger charge is -2.27. The van der Waals surface area contributed by atoms with Gasteiger partial charge in [-0.25, -0.2) is 0 Å². The fourth-order valence-corrected chi connectivity index (χ4v) is 5.32. The molecule has 0 radical (unpaired) electrons. The number of halogens is 2. The predicted octanol–water partition coefficient (Wildman–Crippen LogP) is 6.29. The van der Waals surface area contributed by atoms with Crippen molar-refractivity contribution in [2.45, 2.75) is 58.7 Å². The van der Waals surface area contributed by atoms with Crippen molar-refractivity contribution in [3.05, 3.63) is 39.6 Å². The molecule has 0 spiro atoms. The minimum absolute atomic E-state index is 0.0853. The molecule has 1 aromatic heterocycles. The van der Waals surface area contributed by atoms with Crippen molar-refractivity contribution in [1.29, 1.82) is 0 Å². The Morgan fingerprint density at radius 3 is 2.57 bits per heavy atom. The zero-order valence-corrected chi connectivity index (χ0v) is 17.9. The zero-order chi connectivity index (χ0) is 20.0. The summed E-state index contributed by atoms with van der Waals surface area (Å²) in [5.41, 5.74) is 2.21. The van der Waals surface area contributed by atoms with Crippen molar-refractivity contribution < 1.29 is 14.1 Å². The van der Waals surface area contributed by atoms with Crippen molar-refractivity contribution in [1.82, 2.24) is 5.16 Å². The number of rotatable bonds is 5. The van der Waals surface area contributed by atoms with Gasteiger partial charge in [-0.15, -0.1) is 0 Å². The van der Waals surface area contributed by atoms with Crippen LogP contribution >= 0.6 is 23.2 Å². The summed E-state index contributed by atoms with van der Waals surface area (Å²) >= 11 is 12.8. The number of carbonyl (C=O) groups excluding carboxylic acids is 1. The summed E-state index contributed by atoms with van der Waals surface area (Å²) in [7, 11) is 0. The number of carbonyl (C=O) groups is 1. The number of hydrogen-bond acceptors (Lipinski definition) is 4. The molecule has 0 amide bonds. The van der Waals surface area contributed by atoms with Gasteiger partial charge in [-0.1, -0.05) is 55.2 Å². The van der Waals surface area contributed by atoms with E-state index in [1.807, 2.05) is 6.07 Å². The summed E-state index contributed by atoms with van der Waals surface area (Å²) in [6.07, 6.45) is 2.70. The van der Waals surface area contributed by atoms with Crippen LogP contribution in [-0.4, -0.2) is 17.0 Å². The van der Waals surface area contributed by atoms with E-state index in [2.05, 4.69) is 25.9 Å². The van der Waals surface area contributed by atoms with E-state index in [0.717, 1.165) is 30.6 Å². The number of fused-ring (bicyclic) bond motifs is 2. The average Bonchev–Trinajstić information content (AvgIpc) is 3.10. The highest BCUT2D eigenvalue weighted by molar-refractivity contribution is 6.39. The molecule has 4 nitrogen and oxygen atoms in total. The van der Waals surface area contributed by atoms with Gasteiger partial charge in [0.25, 0.3) is 0 Å². The quantitative estimate of drug-likeness (QED) is 0.568. The van der Waals surface area contributed by atoms with Gasteiger partial charge in [-0.2, -0.15) is 0 Å².